The molecule has 8 heteroatoms. The Morgan fingerprint density at radius 2 is 1.50 bits per heavy atom. The molecule has 0 spiro atoms. The lowest BCUT2D eigenvalue weighted by Crippen LogP contribution is -1.95. The van der Waals surface area contributed by atoms with Crippen LogP contribution < -0.4 is 0 Å². The molecule has 0 amide bonds. The van der Waals surface area contributed by atoms with Crippen molar-refractivity contribution in [1.29, 1.82) is 0 Å². The minimum atomic E-state index is -2.97. The van der Waals surface area contributed by atoms with Crippen LogP contribution in [-0.2, 0) is 27.6 Å². The fourth-order valence-corrected chi connectivity index (χ4v) is 5.17. The monoisotopic (exact) mass is 266 g/mol. The van der Waals surface area contributed by atoms with Gasteiger partial charge in [-0.2, -0.15) is 0 Å². The second-order valence-electron chi connectivity index (χ2n) is 2.05. The quantitative estimate of drug-likeness (QED) is 0.539. The zero-order chi connectivity index (χ0) is 9.83. The van der Waals surface area contributed by atoms with Crippen LogP contribution in [0.15, 0.2) is 0 Å². The molecule has 0 aromatic rings. The minimum absolute atomic E-state index is 0.435. The van der Waals surface area contributed by atoms with Gasteiger partial charge in [0, 0.05) is 24.0 Å². The molecule has 0 aromatic heterocycles. The Balaban J connectivity index is 3.62. The summed E-state index contributed by atoms with van der Waals surface area (Å²) in [4.78, 5) is 0. The van der Waals surface area contributed by atoms with E-state index in [2.05, 4.69) is 11.2 Å². The van der Waals surface area contributed by atoms with Crippen LogP contribution in [0.2, 0.25) is 0 Å². The van der Waals surface area contributed by atoms with E-state index in [1.165, 1.54) is 6.26 Å². The average molecular weight is 266 g/mol. The van der Waals surface area contributed by atoms with E-state index in [4.69, 9.17) is 0 Å². The maximum absolute atomic E-state index is 10.9. The first-order valence-electron chi connectivity index (χ1n) is 2.89. The molecule has 0 radical (unpaired) electrons. The Hall–Kier alpha value is 1.02. The molecule has 0 aliphatic rings. The number of rotatable bonds is 5. The molecule has 12 heavy (non-hydrogen) atoms. The molecule has 0 aliphatic carbocycles. The summed E-state index contributed by atoms with van der Waals surface area (Å²) in [6.07, 6.45) is 2.62. The van der Waals surface area contributed by atoms with Crippen LogP contribution in [0.25, 0.3) is 0 Å². The van der Waals surface area contributed by atoms with Crippen molar-refractivity contribution < 1.29 is 12.6 Å². The van der Waals surface area contributed by atoms with Crippen molar-refractivity contribution in [2.45, 2.75) is 0 Å². The van der Waals surface area contributed by atoms with Crippen molar-refractivity contribution >= 4 is 49.2 Å². The van der Waals surface area contributed by atoms with E-state index in [0.717, 1.165) is 27.8 Å². The van der Waals surface area contributed by atoms with Gasteiger partial charge in [-0.3, -0.25) is 0 Å². The van der Waals surface area contributed by atoms with E-state index in [9.17, 15) is 12.6 Å². The first-order chi connectivity index (χ1) is 5.21. The second-order valence-corrected chi connectivity index (χ2v) is 13.8. The first kappa shape index (κ1) is 13.0. The molecule has 0 N–H and O–H groups in total. The van der Waals surface area contributed by atoms with Gasteiger partial charge in [0.15, 0.2) is 8.87 Å². The molecule has 0 aliphatic heterocycles. The van der Waals surface area contributed by atoms with E-state index >= 15 is 0 Å². The van der Waals surface area contributed by atoms with Gasteiger partial charge >= 0.3 is 0 Å². The van der Waals surface area contributed by atoms with E-state index < -0.39 is 16.4 Å². The zero-order valence-corrected chi connectivity index (χ0v) is 10.8. The Morgan fingerprint density at radius 1 is 1.08 bits per heavy atom. The standard InChI is InChI=1S/C4H10O3S5/c1-11(5,6)9-3-4-10-12(2,7)8/h3-4H2,1-2H3. The SMILES string of the molecule is CS(=O)(=O)SCCSS(C)(=O)=S. The highest BCUT2D eigenvalue weighted by Crippen LogP contribution is 2.16. The molecule has 3 nitrogen and oxygen atoms in total. The Bertz CT molecular complexity index is 279. The number of hydrogen-bond acceptors (Lipinski definition) is 6. The summed E-state index contributed by atoms with van der Waals surface area (Å²) in [6, 6.07) is 0. The summed E-state index contributed by atoms with van der Waals surface area (Å²) in [5.41, 5.74) is 0. The fraction of sp³-hybridized carbons (Fsp3) is 1.00. The number of hydrogen-bond donors (Lipinski definition) is 0. The Kier molecular flexibility index (Phi) is 5.47. The van der Waals surface area contributed by atoms with Crippen LogP contribution in [0.1, 0.15) is 0 Å². The van der Waals surface area contributed by atoms with Crippen molar-refractivity contribution in [2.24, 2.45) is 0 Å². The molecule has 1 unspecified atom stereocenters. The molecule has 0 rings (SSSR count). The van der Waals surface area contributed by atoms with Crippen LogP contribution in [0.5, 0.6) is 0 Å². The summed E-state index contributed by atoms with van der Waals surface area (Å²) in [5, 5.41) is 0. The van der Waals surface area contributed by atoms with Crippen molar-refractivity contribution in [1.82, 2.24) is 0 Å². The van der Waals surface area contributed by atoms with Crippen LogP contribution in [-0.4, -0.2) is 36.6 Å². The molecule has 0 saturated carbocycles. The van der Waals surface area contributed by atoms with Crippen LogP contribution >= 0.6 is 21.6 Å². The summed E-state index contributed by atoms with van der Waals surface area (Å²) >= 11 is 4.62. The summed E-state index contributed by atoms with van der Waals surface area (Å²) in [5.74, 6) is 0.946. The molecule has 0 fully saturated rings. The average Bonchev–Trinajstić information content (AvgIpc) is 1.76. The van der Waals surface area contributed by atoms with Gasteiger partial charge < -0.3 is 0 Å². The maximum atomic E-state index is 10.9. The third-order valence-electron chi connectivity index (χ3n) is 0.678. The lowest BCUT2D eigenvalue weighted by Gasteiger charge is -1.98. The van der Waals surface area contributed by atoms with Crippen LogP contribution in [0, 0.1) is 0 Å². The molecule has 0 saturated heterocycles. The van der Waals surface area contributed by atoms with Gasteiger partial charge in [0.2, 0.25) is 0 Å². The third kappa shape index (κ3) is 11.0. The molecule has 0 heterocycles. The van der Waals surface area contributed by atoms with Gasteiger partial charge in [-0.05, 0) is 22.0 Å². The lowest BCUT2D eigenvalue weighted by molar-refractivity contribution is 0.615. The molecule has 0 bridgehead atoms. The van der Waals surface area contributed by atoms with E-state index in [0.29, 0.717) is 11.5 Å². The van der Waals surface area contributed by atoms with Gasteiger partial charge in [0.1, 0.15) is 0 Å². The van der Waals surface area contributed by atoms with Crippen molar-refractivity contribution in [3.8, 4) is 0 Å². The molecule has 1 atom stereocenters. The predicted octanol–water partition coefficient (Wildman–Crippen LogP) is 0.704. The van der Waals surface area contributed by atoms with Crippen molar-refractivity contribution in [2.75, 3.05) is 24.0 Å². The summed E-state index contributed by atoms with van der Waals surface area (Å²) < 4.78 is 32.2. The maximum Gasteiger partial charge on any atom is 0.198 e. The zero-order valence-electron chi connectivity index (χ0n) is 6.68. The van der Waals surface area contributed by atoms with E-state index in [1.807, 2.05) is 0 Å². The largest absolute Gasteiger partial charge is 0.246 e. The van der Waals surface area contributed by atoms with Gasteiger partial charge in [-0.1, -0.05) is 10.8 Å². The normalized spacial score (nSPS) is 17.2. The Labute approximate surface area is 85.5 Å². The topological polar surface area (TPSA) is 51.2 Å². The predicted molar refractivity (Wildman–Crippen MR) is 61.2 cm³/mol. The fourth-order valence-electron chi connectivity index (χ4n) is 0.371. The molecular formula is C4H10O3S5. The van der Waals surface area contributed by atoms with E-state index in [1.54, 1.807) is 0 Å². The van der Waals surface area contributed by atoms with Gasteiger partial charge in [0.25, 0.3) is 0 Å². The van der Waals surface area contributed by atoms with Gasteiger partial charge in [0.05, 0.1) is 7.52 Å². The van der Waals surface area contributed by atoms with Crippen molar-refractivity contribution in [3.63, 3.8) is 0 Å². The molecule has 74 valence electrons. The summed E-state index contributed by atoms with van der Waals surface area (Å²) in [7, 11) is -3.18. The molecular weight excluding hydrogens is 256 g/mol. The van der Waals surface area contributed by atoms with Crippen LogP contribution in [0.4, 0.5) is 0 Å². The van der Waals surface area contributed by atoms with Crippen molar-refractivity contribution in [3.05, 3.63) is 0 Å². The van der Waals surface area contributed by atoms with Crippen LogP contribution in [0.3, 0.4) is 0 Å². The molecule has 0 aromatic carbocycles. The third-order valence-corrected chi connectivity index (χ3v) is 6.97. The lowest BCUT2D eigenvalue weighted by atomic mass is 11.0. The van der Waals surface area contributed by atoms with E-state index in [-0.39, 0.29) is 0 Å². The Morgan fingerprint density at radius 3 is 1.83 bits per heavy atom. The first-order valence-corrected chi connectivity index (χ1v) is 10.7. The summed E-state index contributed by atoms with van der Waals surface area (Å²) in [6.45, 7) is 0. The van der Waals surface area contributed by atoms with Gasteiger partial charge in [-0.25, -0.2) is 12.6 Å². The van der Waals surface area contributed by atoms with Gasteiger partial charge in [-0.15, -0.1) is 0 Å². The highest BCUT2D eigenvalue weighted by Gasteiger charge is 2.04. The second kappa shape index (κ2) is 5.04. The minimum Gasteiger partial charge on any atom is -0.246 e. The highest BCUT2D eigenvalue weighted by molar-refractivity contribution is 8.85. The highest BCUT2D eigenvalue weighted by atomic mass is 33.3. The smallest absolute Gasteiger partial charge is 0.198 e.